The zero-order valence-electron chi connectivity index (χ0n) is 14.1. The molecular formula is C18H29N3O2. The third-order valence-electron chi connectivity index (χ3n) is 6.48. The van der Waals surface area contributed by atoms with Gasteiger partial charge in [-0.05, 0) is 50.9 Å². The highest BCUT2D eigenvalue weighted by Gasteiger charge is 2.39. The number of rotatable bonds is 3. The maximum Gasteiger partial charge on any atom is 0.236 e. The first-order valence-corrected chi connectivity index (χ1v) is 9.51. The molecule has 3 aliphatic heterocycles. The highest BCUT2D eigenvalue weighted by Crippen LogP contribution is 2.37. The Balaban J connectivity index is 1.24. The van der Waals surface area contributed by atoms with E-state index in [0.29, 0.717) is 18.5 Å². The molecule has 3 saturated heterocycles. The molecule has 23 heavy (non-hydrogen) atoms. The second-order valence-electron chi connectivity index (χ2n) is 7.95. The second kappa shape index (κ2) is 6.42. The lowest BCUT2D eigenvalue weighted by molar-refractivity contribution is -0.140. The monoisotopic (exact) mass is 319 g/mol. The lowest BCUT2D eigenvalue weighted by atomic mass is 9.95. The quantitative estimate of drug-likeness (QED) is 0.788. The standard InChI is InChI=1S/C18H29N3O2/c22-17(13-21-12-14-3-4-16(21)11-14)19-9-5-15(6-10-19)18(23)20-7-1-2-8-20/h14-16H,1-13H2. The number of piperidine rings is 2. The van der Waals surface area contributed by atoms with Gasteiger partial charge in [0.1, 0.15) is 0 Å². The van der Waals surface area contributed by atoms with Gasteiger partial charge in [0.05, 0.1) is 6.54 Å². The number of likely N-dealkylation sites (tertiary alicyclic amines) is 3. The molecule has 128 valence electrons. The summed E-state index contributed by atoms with van der Waals surface area (Å²) in [5.74, 6) is 1.62. The second-order valence-corrected chi connectivity index (χ2v) is 7.95. The molecule has 0 N–H and O–H groups in total. The minimum atomic E-state index is 0.153. The van der Waals surface area contributed by atoms with Crippen molar-refractivity contribution in [2.45, 2.75) is 51.0 Å². The summed E-state index contributed by atoms with van der Waals surface area (Å²) in [4.78, 5) is 31.4. The normalized spacial score (nSPS) is 32.0. The number of hydrogen-bond acceptors (Lipinski definition) is 3. The smallest absolute Gasteiger partial charge is 0.236 e. The molecule has 4 aliphatic rings. The van der Waals surface area contributed by atoms with Crippen molar-refractivity contribution in [1.29, 1.82) is 0 Å². The topological polar surface area (TPSA) is 43.9 Å². The Labute approximate surface area is 139 Å². The van der Waals surface area contributed by atoms with Gasteiger partial charge in [0, 0.05) is 44.7 Å². The number of amides is 2. The average molecular weight is 319 g/mol. The maximum absolute atomic E-state index is 12.6. The Morgan fingerprint density at radius 1 is 0.870 bits per heavy atom. The lowest BCUT2D eigenvalue weighted by Gasteiger charge is -2.35. The van der Waals surface area contributed by atoms with Crippen LogP contribution >= 0.6 is 0 Å². The lowest BCUT2D eigenvalue weighted by Crippen LogP contribution is -2.48. The van der Waals surface area contributed by atoms with Gasteiger partial charge in [-0.15, -0.1) is 0 Å². The molecule has 3 heterocycles. The zero-order chi connectivity index (χ0) is 15.8. The van der Waals surface area contributed by atoms with Gasteiger partial charge in [0.2, 0.25) is 11.8 Å². The van der Waals surface area contributed by atoms with Crippen LogP contribution < -0.4 is 0 Å². The van der Waals surface area contributed by atoms with E-state index >= 15 is 0 Å². The van der Waals surface area contributed by atoms with Gasteiger partial charge in [-0.1, -0.05) is 0 Å². The van der Waals surface area contributed by atoms with Gasteiger partial charge in [-0.3, -0.25) is 14.5 Å². The van der Waals surface area contributed by atoms with Crippen molar-refractivity contribution in [3.63, 3.8) is 0 Å². The van der Waals surface area contributed by atoms with Crippen LogP contribution in [0.3, 0.4) is 0 Å². The van der Waals surface area contributed by atoms with Crippen LogP contribution in [0.1, 0.15) is 44.9 Å². The molecule has 5 heteroatoms. The summed E-state index contributed by atoms with van der Waals surface area (Å²) in [5.41, 5.74) is 0. The fourth-order valence-corrected chi connectivity index (χ4v) is 5.07. The first-order chi connectivity index (χ1) is 11.2. The van der Waals surface area contributed by atoms with Crippen molar-refractivity contribution in [3.05, 3.63) is 0 Å². The van der Waals surface area contributed by atoms with E-state index < -0.39 is 0 Å². The van der Waals surface area contributed by atoms with Gasteiger partial charge in [-0.25, -0.2) is 0 Å². The van der Waals surface area contributed by atoms with E-state index in [1.807, 2.05) is 9.80 Å². The predicted octanol–water partition coefficient (Wildman–Crippen LogP) is 1.33. The fourth-order valence-electron chi connectivity index (χ4n) is 5.07. The predicted molar refractivity (Wildman–Crippen MR) is 87.8 cm³/mol. The SMILES string of the molecule is O=C(CN1CC2CCC1C2)N1CCC(C(=O)N2CCCC2)CC1. The molecule has 2 unspecified atom stereocenters. The Bertz CT molecular complexity index is 467. The van der Waals surface area contributed by atoms with Gasteiger partial charge in [0.15, 0.2) is 0 Å². The summed E-state index contributed by atoms with van der Waals surface area (Å²) in [6, 6.07) is 0.665. The van der Waals surface area contributed by atoms with Crippen LogP contribution in [0, 0.1) is 11.8 Å². The first kappa shape index (κ1) is 15.4. The number of nitrogens with zero attached hydrogens (tertiary/aromatic N) is 3. The third-order valence-corrected chi connectivity index (χ3v) is 6.48. The molecule has 0 radical (unpaired) electrons. The minimum Gasteiger partial charge on any atom is -0.342 e. The van der Waals surface area contributed by atoms with Crippen LogP contribution in [-0.4, -0.2) is 71.8 Å². The highest BCUT2D eigenvalue weighted by molar-refractivity contribution is 5.81. The summed E-state index contributed by atoms with van der Waals surface area (Å²) in [6.45, 7) is 5.15. The molecule has 4 fully saturated rings. The van der Waals surface area contributed by atoms with Gasteiger partial charge < -0.3 is 9.80 Å². The zero-order valence-corrected chi connectivity index (χ0v) is 14.1. The van der Waals surface area contributed by atoms with Gasteiger partial charge in [0.25, 0.3) is 0 Å². The van der Waals surface area contributed by atoms with E-state index in [2.05, 4.69) is 4.90 Å². The average Bonchev–Trinajstić information content (AvgIpc) is 3.32. The Kier molecular flexibility index (Phi) is 4.31. The van der Waals surface area contributed by atoms with Crippen LogP contribution in [-0.2, 0) is 9.59 Å². The van der Waals surface area contributed by atoms with Crippen LogP contribution in [0.4, 0.5) is 0 Å². The summed E-state index contributed by atoms with van der Waals surface area (Å²) >= 11 is 0. The Morgan fingerprint density at radius 3 is 2.22 bits per heavy atom. The van der Waals surface area contributed by atoms with Gasteiger partial charge in [-0.2, -0.15) is 0 Å². The van der Waals surface area contributed by atoms with E-state index in [1.54, 1.807) is 0 Å². The largest absolute Gasteiger partial charge is 0.342 e. The highest BCUT2D eigenvalue weighted by atomic mass is 16.2. The van der Waals surface area contributed by atoms with E-state index in [9.17, 15) is 9.59 Å². The summed E-state index contributed by atoms with van der Waals surface area (Å²) in [7, 11) is 0. The van der Waals surface area contributed by atoms with E-state index in [1.165, 1.54) is 19.3 Å². The Morgan fingerprint density at radius 2 is 1.61 bits per heavy atom. The molecule has 2 amide bonds. The van der Waals surface area contributed by atoms with E-state index in [-0.39, 0.29) is 11.8 Å². The van der Waals surface area contributed by atoms with Crippen molar-refractivity contribution in [1.82, 2.24) is 14.7 Å². The molecule has 0 spiro atoms. The summed E-state index contributed by atoms with van der Waals surface area (Å²) in [5, 5.41) is 0. The molecule has 5 nitrogen and oxygen atoms in total. The van der Waals surface area contributed by atoms with Crippen molar-refractivity contribution >= 4 is 11.8 Å². The first-order valence-electron chi connectivity index (χ1n) is 9.51. The van der Waals surface area contributed by atoms with Crippen molar-refractivity contribution < 1.29 is 9.59 Å². The van der Waals surface area contributed by atoms with Crippen molar-refractivity contribution in [2.24, 2.45) is 11.8 Å². The van der Waals surface area contributed by atoms with Gasteiger partial charge >= 0.3 is 0 Å². The molecular weight excluding hydrogens is 290 g/mol. The van der Waals surface area contributed by atoms with Crippen LogP contribution in [0.25, 0.3) is 0 Å². The van der Waals surface area contributed by atoms with Crippen molar-refractivity contribution in [3.8, 4) is 0 Å². The number of hydrogen-bond donors (Lipinski definition) is 0. The maximum atomic E-state index is 12.6. The van der Waals surface area contributed by atoms with Crippen LogP contribution in [0.2, 0.25) is 0 Å². The molecule has 1 saturated carbocycles. The fraction of sp³-hybridized carbons (Fsp3) is 0.889. The molecule has 4 rings (SSSR count). The molecule has 0 aromatic rings. The summed E-state index contributed by atoms with van der Waals surface area (Å²) < 4.78 is 0. The number of carbonyl (C=O) groups is 2. The molecule has 2 bridgehead atoms. The number of fused-ring (bicyclic) bond motifs is 2. The molecule has 0 aromatic heterocycles. The van der Waals surface area contributed by atoms with Crippen molar-refractivity contribution in [2.75, 3.05) is 39.3 Å². The molecule has 1 aliphatic carbocycles. The Hall–Kier alpha value is -1.10. The van der Waals surface area contributed by atoms with Crippen LogP contribution in [0.15, 0.2) is 0 Å². The molecule has 0 aromatic carbocycles. The minimum absolute atomic E-state index is 0.153. The third kappa shape index (κ3) is 3.12. The molecule has 2 atom stereocenters. The summed E-state index contributed by atoms with van der Waals surface area (Å²) in [6.07, 6.45) is 7.96. The van der Waals surface area contributed by atoms with E-state index in [4.69, 9.17) is 0 Å². The van der Waals surface area contributed by atoms with Crippen LogP contribution in [0.5, 0.6) is 0 Å². The number of carbonyl (C=O) groups excluding carboxylic acids is 2. The van der Waals surface area contributed by atoms with E-state index in [0.717, 1.165) is 64.3 Å².